The largest absolute Gasteiger partial charge is 0.384 e. The van der Waals surface area contributed by atoms with Crippen LogP contribution >= 0.6 is 12.4 Å². The van der Waals surface area contributed by atoms with Gasteiger partial charge in [-0.25, -0.2) is 0 Å². The number of amides is 2. The summed E-state index contributed by atoms with van der Waals surface area (Å²) in [5.41, 5.74) is -0.439. The van der Waals surface area contributed by atoms with Gasteiger partial charge in [0.05, 0.1) is 12.0 Å². The first-order chi connectivity index (χ1) is 11.2. The standard InChI is InChI=1S/C17H31N3O3.ClH/c1-23-14-17(7-10-18-11-8-17)16(22)19-9-6-15(21)20-12-4-2-3-5-13-20;/h18H,2-14H2,1H3,(H,19,22);1H. The summed E-state index contributed by atoms with van der Waals surface area (Å²) in [5, 5.41) is 6.25. The van der Waals surface area contributed by atoms with Crippen molar-refractivity contribution in [3.05, 3.63) is 0 Å². The van der Waals surface area contributed by atoms with Crippen molar-refractivity contribution in [3.8, 4) is 0 Å². The second-order valence-corrected chi connectivity index (χ2v) is 6.76. The van der Waals surface area contributed by atoms with E-state index in [9.17, 15) is 9.59 Å². The van der Waals surface area contributed by atoms with Gasteiger partial charge in [0.1, 0.15) is 0 Å². The molecular weight excluding hydrogens is 330 g/mol. The van der Waals surface area contributed by atoms with Crippen LogP contribution < -0.4 is 10.6 Å². The first kappa shape index (κ1) is 21.2. The maximum atomic E-state index is 12.6. The molecule has 2 saturated heterocycles. The highest BCUT2D eigenvalue weighted by atomic mass is 35.5. The van der Waals surface area contributed by atoms with Crippen molar-refractivity contribution >= 4 is 24.2 Å². The zero-order valence-corrected chi connectivity index (χ0v) is 15.6. The van der Waals surface area contributed by atoms with Gasteiger partial charge in [-0.3, -0.25) is 9.59 Å². The molecule has 0 atom stereocenters. The molecule has 2 fully saturated rings. The monoisotopic (exact) mass is 361 g/mol. The number of hydrogen-bond donors (Lipinski definition) is 2. The molecule has 2 rings (SSSR count). The first-order valence-electron chi connectivity index (χ1n) is 8.94. The van der Waals surface area contributed by atoms with E-state index in [0.717, 1.165) is 51.9 Å². The van der Waals surface area contributed by atoms with E-state index < -0.39 is 5.41 Å². The highest BCUT2D eigenvalue weighted by molar-refractivity contribution is 5.85. The Kier molecular flexibility index (Phi) is 9.63. The Bertz CT molecular complexity index is 387. The Morgan fingerprint density at radius 1 is 1.12 bits per heavy atom. The Morgan fingerprint density at radius 3 is 2.33 bits per heavy atom. The number of carbonyl (C=O) groups is 2. The lowest BCUT2D eigenvalue weighted by Crippen LogP contribution is -2.50. The first-order valence-corrected chi connectivity index (χ1v) is 8.94. The molecule has 2 N–H and O–H groups in total. The average Bonchev–Trinajstić information content (AvgIpc) is 2.85. The van der Waals surface area contributed by atoms with E-state index in [2.05, 4.69) is 10.6 Å². The molecule has 0 radical (unpaired) electrons. The maximum Gasteiger partial charge on any atom is 0.228 e. The third kappa shape index (κ3) is 5.90. The molecule has 0 aromatic carbocycles. The van der Waals surface area contributed by atoms with E-state index in [-0.39, 0.29) is 24.2 Å². The summed E-state index contributed by atoms with van der Waals surface area (Å²) >= 11 is 0. The quantitative estimate of drug-likeness (QED) is 0.748. The zero-order valence-electron chi connectivity index (χ0n) is 14.8. The van der Waals surface area contributed by atoms with Gasteiger partial charge in [0.15, 0.2) is 0 Å². The molecule has 140 valence electrons. The number of likely N-dealkylation sites (tertiary alicyclic amines) is 1. The van der Waals surface area contributed by atoms with Crippen LogP contribution in [0.1, 0.15) is 44.9 Å². The summed E-state index contributed by atoms with van der Waals surface area (Å²) < 4.78 is 5.28. The number of rotatable bonds is 6. The molecule has 2 aliphatic heterocycles. The second-order valence-electron chi connectivity index (χ2n) is 6.76. The van der Waals surface area contributed by atoms with Crippen molar-refractivity contribution in [2.75, 3.05) is 46.4 Å². The summed E-state index contributed by atoms with van der Waals surface area (Å²) in [5.74, 6) is 0.197. The molecule has 6 nitrogen and oxygen atoms in total. The third-order valence-electron chi connectivity index (χ3n) is 5.05. The van der Waals surface area contributed by atoms with Gasteiger partial charge < -0.3 is 20.3 Å². The molecule has 0 spiro atoms. The van der Waals surface area contributed by atoms with E-state index in [1.807, 2.05) is 4.90 Å². The van der Waals surface area contributed by atoms with Crippen LogP contribution in [-0.2, 0) is 14.3 Å². The molecule has 0 aromatic heterocycles. The van der Waals surface area contributed by atoms with Crippen molar-refractivity contribution in [1.29, 1.82) is 0 Å². The summed E-state index contributed by atoms with van der Waals surface area (Å²) in [4.78, 5) is 26.8. The van der Waals surface area contributed by atoms with Gasteiger partial charge in [-0.05, 0) is 38.8 Å². The molecule has 2 aliphatic rings. The molecule has 2 amide bonds. The van der Waals surface area contributed by atoms with Gasteiger partial charge in [0.2, 0.25) is 11.8 Å². The molecule has 0 aromatic rings. The number of nitrogens with zero attached hydrogens (tertiary/aromatic N) is 1. The Labute approximate surface area is 151 Å². The molecule has 0 unspecified atom stereocenters. The predicted octanol–water partition coefficient (Wildman–Crippen LogP) is 1.33. The molecule has 7 heteroatoms. The zero-order chi connectivity index (χ0) is 16.5. The van der Waals surface area contributed by atoms with Gasteiger partial charge in [-0.1, -0.05) is 12.8 Å². The van der Waals surface area contributed by atoms with Crippen molar-refractivity contribution in [2.24, 2.45) is 5.41 Å². The van der Waals surface area contributed by atoms with Crippen molar-refractivity contribution in [2.45, 2.75) is 44.9 Å². The fourth-order valence-corrected chi connectivity index (χ4v) is 3.57. The minimum absolute atomic E-state index is 0. The van der Waals surface area contributed by atoms with E-state index >= 15 is 0 Å². The SMILES string of the molecule is COCC1(C(=O)NCCC(=O)N2CCCCCC2)CCNCC1.Cl. The predicted molar refractivity (Wildman–Crippen MR) is 96.3 cm³/mol. The number of piperidine rings is 1. The highest BCUT2D eigenvalue weighted by Gasteiger charge is 2.39. The van der Waals surface area contributed by atoms with Crippen LogP contribution in [0.5, 0.6) is 0 Å². The lowest BCUT2D eigenvalue weighted by atomic mass is 9.78. The Morgan fingerprint density at radius 2 is 1.75 bits per heavy atom. The van der Waals surface area contributed by atoms with Gasteiger partial charge in [-0.15, -0.1) is 12.4 Å². The Hall–Kier alpha value is -0.850. The van der Waals surface area contributed by atoms with E-state index in [0.29, 0.717) is 19.6 Å². The number of carbonyl (C=O) groups excluding carboxylic acids is 2. The molecule has 0 saturated carbocycles. The van der Waals surface area contributed by atoms with Gasteiger partial charge in [0.25, 0.3) is 0 Å². The average molecular weight is 362 g/mol. The number of nitrogens with one attached hydrogen (secondary N) is 2. The van der Waals surface area contributed by atoms with E-state index in [1.165, 1.54) is 12.8 Å². The Balaban J connectivity index is 0.00000288. The summed E-state index contributed by atoms with van der Waals surface area (Å²) in [7, 11) is 1.64. The van der Waals surface area contributed by atoms with Gasteiger partial charge >= 0.3 is 0 Å². The van der Waals surface area contributed by atoms with Crippen LogP contribution in [0.25, 0.3) is 0 Å². The number of ether oxygens (including phenoxy) is 1. The molecule has 24 heavy (non-hydrogen) atoms. The van der Waals surface area contributed by atoms with Crippen molar-refractivity contribution in [1.82, 2.24) is 15.5 Å². The number of hydrogen-bond acceptors (Lipinski definition) is 4. The molecular formula is C17H32ClN3O3. The van der Waals surface area contributed by atoms with E-state index in [1.54, 1.807) is 7.11 Å². The molecule has 0 bridgehead atoms. The summed E-state index contributed by atoms with van der Waals surface area (Å²) in [6, 6.07) is 0. The van der Waals surface area contributed by atoms with Crippen LogP contribution in [0, 0.1) is 5.41 Å². The smallest absolute Gasteiger partial charge is 0.228 e. The molecule has 0 aliphatic carbocycles. The van der Waals surface area contributed by atoms with Crippen LogP contribution in [0.2, 0.25) is 0 Å². The van der Waals surface area contributed by atoms with Crippen molar-refractivity contribution < 1.29 is 14.3 Å². The van der Waals surface area contributed by atoms with Crippen molar-refractivity contribution in [3.63, 3.8) is 0 Å². The van der Waals surface area contributed by atoms with Gasteiger partial charge in [0, 0.05) is 33.2 Å². The normalized spacial score (nSPS) is 20.6. The lowest BCUT2D eigenvalue weighted by Gasteiger charge is -2.35. The van der Waals surface area contributed by atoms with Crippen LogP contribution in [0.3, 0.4) is 0 Å². The fourth-order valence-electron chi connectivity index (χ4n) is 3.57. The molecule has 2 heterocycles. The van der Waals surface area contributed by atoms with Crippen LogP contribution in [-0.4, -0.2) is 63.2 Å². The number of methoxy groups -OCH3 is 1. The van der Waals surface area contributed by atoms with Crippen LogP contribution in [0.15, 0.2) is 0 Å². The lowest BCUT2D eigenvalue weighted by molar-refractivity contribution is -0.136. The number of halogens is 1. The highest BCUT2D eigenvalue weighted by Crippen LogP contribution is 2.29. The summed E-state index contributed by atoms with van der Waals surface area (Å²) in [6.45, 7) is 4.28. The maximum absolute atomic E-state index is 12.6. The van der Waals surface area contributed by atoms with Gasteiger partial charge in [-0.2, -0.15) is 0 Å². The third-order valence-corrected chi connectivity index (χ3v) is 5.05. The van der Waals surface area contributed by atoms with Crippen LogP contribution in [0.4, 0.5) is 0 Å². The second kappa shape index (κ2) is 10.9. The topological polar surface area (TPSA) is 70.7 Å². The summed E-state index contributed by atoms with van der Waals surface area (Å²) in [6.07, 6.45) is 6.60. The fraction of sp³-hybridized carbons (Fsp3) is 0.882. The minimum Gasteiger partial charge on any atom is -0.384 e. The van der Waals surface area contributed by atoms with E-state index in [4.69, 9.17) is 4.74 Å². The minimum atomic E-state index is -0.439.